The van der Waals surface area contributed by atoms with Crippen molar-refractivity contribution in [1.82, 2.24) is 5.32 Å². The Kier molecular flexibility index (Phi) is 4.17. The van der Waals surface area contributed by atoms with Crippen molar-refractivity contribution >= 4 is 0 Å². The van der Waals surface area contributed by atoms with Crippen LogP contribution in [0.2, 0.25) is 0 Å². The molecule has 0 amide bonds. The van der Waals surface area contributed by atoms with Gasteiger partial charge in [-0.25, -0.2) is 4.39 Å². The predicted molar refractivity (Wildman–Crippen MR) is 75.0 cm³/mol. The molecule has 2 rings (SSSR count). The average Bonchev–Trinajstić information content (AvgIpc) is 2.44. The van der Waals surface area contributed by atoms with Crippen LogP contribution >= 0.6 is 0 Å². The lowest BCUT2D eigenvalue weighted by atomic mass is 9.95. The summed E-state index contributed by atoms with van der Waals surface area (Å²) in [5.74, 6) is 0.601. The number of rotatable bonds is 4. The van der Waals surface area contributed by atoms with Crippen LogP contribution in [0.15, 0.2) is 42.5 Å². The zero-order valence-corrected chi connectivity index (χ0v) is 11.4. The summed E-state index contributed by atoms with van der Waals surface area (Å²) in [6.45, 7) is 1.99. The molecule has 100 valence electrons. The number of hydrogen-bond donors (Lipinski definition) is 1. The molecule has 0 aliphatic heterocycles. The maximum atomic E-state index is 13.4. The zero-order valence-electron chi connectivity index (χ0n) is 11.4. The topological polar surface area (TPSA) is 21.3 Å². The van der Waals surface area contributed by atoms with Gasteiger partial charge in [-0.2, -0.15) is 0 Å². The molecule has 0 fully saturated rings. The molecule has 19 heavy (non-hydrogen) atoms. The molecule has 2 aromatic rings. The van der Waals surface area contributed by atoms with Gasteiger partial charge in [-0.1, -0.05) is 18.2 Å². The third kappa shape index (κ3) is 2.93. The Hall–Kier alpha value is -1.87. The average molecular weight is 259 g/mol. The molecular formula is C16H18FNO. The Balaban J connectivity index is 2.40. The van der Waals surface area contributed by atoms with Crippen LogP contribution in [0, 0.1) is 12.7 Å². The maximum absolute atomic E-state index is 13.4. The van der Waals surface area contributed by atoms with Gasteiger partial charge in [0.05, 0.1) is 13.2 Å². The Morgan fingerprint density at radius 2 is 1.79 bits per heavy atom. The van der Waals surface area contributed by atoms with Crippen LogP contribution in [-0.2, 0) is 0 Å². The molecule has 1 unspecified atom stereocenters. The van der Waals surface area contributed by atoms with Gasteiger partial charge in [-0.05, 0) is 54.9 Å². The second kappa shape index (κ2) is 5.85. The first-order valence-electron chi connectivity index (χ1n) is 6.23. The minimum atomic E-state index is -0.214. The highest BCUT2D eigenvalue weighted by atomic mass is 19.1. The number of methoxy groups -OCH3 is 1. The van der Waals surface area contributed by atoms with Gasteiger partial charge >= 0.3 is 0 Å². The molecule has 1 N–H and O–H groups in total. The van der Waals surface area contributed by atoms with Crippen LogP contribution in [0.4, 0.5) is 4.39 Å². The lowest BCUT2D eigenvalue weighted by Crippen LogP contribution is -2.18. The Bertz CT molecular complexity index is 551. The van der Waals surface area contributed by atoms with E-state index >= 15 is 0 Å². The molecule has 0 spiro atoms. The van der Waals surface area contributed by atoms with Crippen LogP contribution in [-0.4, -0.2) is 14.2 Å². The van der Waals surface area contributed by atoms with E-state index in [1.807, 2.05) is 38.2 Å². The number of nitrogens with one attached hydrogen (secondary N) is 1. The lowest BCUT2D eigenvalue weighted by molar-refractivity contribution is 0.414. The van der Waals surface area contributed by atoms with E-state index in [9.17, 15) is 4.39 Å². The highest BCUT2D eigenvalue weighted by molar-refractivity contribution is 5.39. The summed E-state index contributed by atoms with van der Waals surface area (Å²) in [4.78, 5) is 0. The van der Waals surface area contributed by atoms with Gasteiger partial charge in [0.1, 0.15) is 11.6 Å². The van der Waals surface area contributed by atoms with Crippen molar-refractivity contribution in [2.75, 3.05) is 14.2 Å². The Morgan fingerprint density at radius 3 is 2.37 bits per heavy atom. The monoisotopic (exact) mass is 259 g/mol. The van der Waals surface area contributed by atoms with Crippen LogP contribution in [0.1, 0.15) is 22.7 Å². The third-order valence-corrected chi connectivity index (χ3v) is 3.29. The van der Waals surface area contributed by atoms with Crippen molar-refractivity contribution in [1.29, 1.82) is 0 Å². The van der Waals surface area contributed by atoms with E-state index in [1.165, 1.54) is 6.07 Å². The maximum Gasteiger partial charge on any atom is 0.123 e. The van der Waals surface area contributed by atoms with Gasteiger partial charge in [0.25, 0.3) is 0 Å². The summed E-state index contributed by atoms with van der Waals surface area (Å²) in [5.41, 5.74) is 3.10. The molecule has 2 aromatic carbocycles. The molecule has 2 nitrogen and oxygen atoms in total. The minimum absolute atomic E-state index is 0.0263. The van der Waals surface area contributed by atoms with E-state index < -0.39 is 0 Å². The van der Waals surface area contributed by atoms with Crippen molar-refractivity contribution < 1.29 is 9.13 Å². The van der Waals surface area contributed by atoms with Crippen molar-refractivity contribution in [2.24, 2.45) is 0 Å². The van der Waals surface area contributed by atoms with E-state index in [4.69, 9.17) is 4.74 Å². The van der Waals surface area contributed by atoms with Crippen LogP contribution in [0.25, 0.3) is 0 Å². The van der Waals surface area contributed by atoms with Crippen LogP contribution in [0.5, 0.6) is 5.75 Å². The highest BCUT2D eigenvalue weighted by Crippen LogP contribution is 2.26. The summed E-state index contributed by atoms with van der Waals surface area (Å²) in [5, 5.41) is 3.23. The fourth-order valence-electron chi connectivity index (χ4n) is 2.22. The number of hydrogen-bond acceptors (Lipinski definition) is 2. The molecular weight excluding hydrogens is 241 g/mol. The predicted octanol–water partition coefficient (Wildman–Crippen LogP) is 3.45. The van der Waals surface area contributed by atoms with Gasteiger partial charge in [-0.15, -0.1) is 0 Å². The van der Waals surface area contributed by atoms with Gasteiger partial charge in [-0.3, -0.25) is 0 Å². The molecule has 0 bridgehead atoms. The van der Waals surface area contributed by atoms with E-state index in [2.05, 4.69) is 5.32 Å². The van der Waals surface area contributed by atoms with Crippen molar-refractivity contribution in [3.05, 3.63) is 65.0 Å². The van der Waals surface area contributed by atoms with E-state index in [0.29, 0.717) is 0 Å². The first kappa shape index (κ1) is 13.6. The Labute approximate surface area is 113 Å². The summed E-state index contributed by atoms with van der Waals surface area (Å²) in [6, 6.07) is 12.7. The second-order valence-corrected chi connectivity index (χ2v) is 4.50. The molecule has 0 radical (unpaired) electrons. The molecule has 0 aromatic heterocycles. The van der Waals surface area contributed by atoms with Crippen molar-refractivity contribution in [3.63, 3.8) is 0 Å². The third-order valence-electron chi connectivity index (χ3n) is 3.29. The van der Waals surface area contributed by atoms with Crippen LogP contribution in [0.3, 0.4) is 0 Å². The largest absolute Gasteiger partial charge is 0.497 e. The van der Waals surface area contributed by atoms with Gasteiger partial charge in [0, 0.05) is 0 Å². The molecule has 0 saturated carbocycles. The number of ether oxygens (including phenoxy) is 1. The lowest BCUT2D eigenvalue weighted by Gasteiger charge is -2.19. The van der Waals surface area contributed by atoms with Crippen LogP contribution < -0.4 is 10.1 Å². The van der Waals surface area contributed by atoms with Crippen molar-refractivity contribution in [3.8, 4) is 5.75 Å². The number of aryl methyl sites for hydroxylation is 1. The SMILES string of the molecule is CNC(c1ccc(OC)cc1)c1cc(F)ccc1C. The fraction of sp³-hybridized carbons (Fsp3) is 0.250. The molecule has 0 heterocycles. The minimum Gasteiger partial charge on any atom is -0.497 e. The van der Waals surface area contributed by atoms with Gasteiger partial charge in [0.15, 0.2) is 0 Å². The summed E-state index contributed by atoms with van der Waals surface area (Å²) in [6.07, 6.45) is 0. The number of halogens is 1. The first-order chi connectivity index (χ1) is 9.15. The number of benzene rings is 2. The van der Waals surface area contributed by atoms with E-state index in [0.717, 1.165) is 22.4 Å². The van der Waals surface area contributed by atoms with Gasteiger partial charge < -0.3 is 10.1 Å². The Morgan fingerprint density at radius 1 is 1.11 bits per heavy atom. The summed E-state index contributed by atoms with van der Waals surface area (Å²) < 4.78 is 18.6. The molecule has 0 aliphatic rings. The summed E-state index contributed by atoms with van der Waals surface area (Å²) >= 11 is 0. The van der Waals surface area contributed by atoms with Crippen molar-refractivity contribution in [2.45, 2.75) is 13.0 Å². The second-order valence-electron chi connectivity index (χ2n) is 4.50. The molecule has 1 atom stereocenters. The zero-order chi connectivity index (χ0) is 13.8. The molecule has 3 heteroatoms. The molecule has 0 saturated heterocycles. The smallest absolute Gasteiger partial charge is 0.123 e. The van der Waals surface area contributed by atoms with E-state index in [1.54, 1.807) is 19.2 Å². The van der Waals surface area contributed by atoms with Gasteiger partial charge in [0.2, 0.25) is 0 Å². The fourth-order valence-corrected chi connectivity index (χ4v) is 2.22. The quantitative estimate of drug-likeness (QED) is 0.908. The first-order valence-corrected chi connectivity index (χ1v) is 6.23. The normalized spacial score (nSPS) is 12.2. The highest BCUT2D eigenvalue weighted by Gasteiger charge is 2.15. The standard InChI is InChI=1S/C16H18FNO/c1-11-4-7-13(17)10-15(11)16(18-2)12-5-8-14(19-3)9-6-12/h4-10,16,18H,1-3H3. The van der Waals surface area contributed by atoms with E-state index in [-0.39, 0.29) is 11.9 Å². The molecule has 0 aliphatic carbocycles. The summed E-state index contributed by atoms with van der Waals surface area (Å²) in [7, 11) is 3.51.